The van der Waals surface area contributed by atoms with Gasteiger partial charge in [0.2, 0.25) is 15.9 Å². The van der Waals surface area contributed by atoms with Crippen molar-refractivity contribution in [1.82, 2.24) is 15.1 Å². The van der Waals surface area contributed by atoms with Gasteiger partial charge in [0, 0.05) is 11.6 Å². The fraction of sp³-hybridized carbons (Fsp3) is 0.333. The molecule has 0 bridgehead atoms. The third kappa shape index (κ3) is 7.27. The van der Waals surface area contributed by atoms with Gasteiger partial charge in [-0.3, -0.25) is 9.52 Å². The highest BCUT2D eigenvalue weighted by molar-refractivity contribution is 7.92. The second kappa shape index (κ2) is 10.7. The zero-order valence-corrected chi connectivity index (χ0v) is 22.3. The lowest BCUT2D eigenvalue weighted by Gasteiger charge is -2.14. The molecule has 1 aromatic heterocycles. The molecule has 1 unspecified atom stereocenters. The largest absolute Gasteiger partial charge is 0.350 e. The summed E-state index contributed by atoms with van der Waals surface area (Å²) in [5, 5.41) is 7.63. The molecule has 3 rings (SSSR count). The van der Waals surface area contributed by atoms with Crippen LogP contribution in [0, 0.1) is 12.7 Å². The van der Waals surface area contributed by atoms with E-state index in [-0.39, 0.29) is 23.6 Å². The van der Waals surface area contributed by atoms with Crippen LogP contribution in [0.15, 0.2) is 48.5 Å². The van der Waals surface area contributed by atoms with Crippen LogP contribution in [0.2, 0.25) is 0 Å². The molecule has 0 saturated heterocycles. The van der Waals surface area contributed by atoms with Crippen molar-refractivity contribution in [1.29, 1.82) is 0 Å². The van der Waals surface area contributed by atoms with E-state index < -0.39 is 21.8 Å². The number of sulfonamides is 1. The minimum atomic E-state index is -3.61. The normalized spacial score (nSPS) is 13.1. The van der Waals surface area contributed by atoms with Crippen molar-refractivity contribution in [3.05, 3.63) is 82.4 Å². The number of halogens is 1. The Labute approximate surface area is 212 Å². The second-order valence-corrected chi connectivity index (χ2v) is 11.7. The first-order chi connectivity index (χ1) is 16.7. The molecule has 9 heteroatoms. The number of hydrogen-bond donors (Lipinski definition) is 2. The summed E-state index contributed by atoms with van der Waals surface area (Å²) in [5.74, 6) is -1.68. The molecule has 0 radical (unpaired) electrons. The lowest BCUT2D eigenvalue weighted by molar-refractivity contribution is -0.122. The Balaban J connectivity index is 1.76. The topological polar surface area (TPSA) is 93.1 Å². The third-order valence-electron chi connectivity index (χ3n) is 5.69. The summed E-state index contributed by atoms with van der Waals surface area (Å²) < 4.78 is 41.0. The predicted octanol–water partition coefficient (Wildman–Crippen LogP) is 5.05. The summed E-state index contributed by atoms with van der Waals surface area (Å²) in [6, 6.07) is 14.1. The van der Waals surface area contributed by atoms with E-state index in [9.17, 15) is 17.6 Å². The van der Waals surface area contributed by atoms with Gasteiger partial charge in [0.05, 0.1) is 35.8 Å². The van der Waals surface area contributed by atoms with Crippen molar-refractivity contribution in [3.8, 4) is 0 Å². The molecular weight excluding hydrogens is 479 g/mol. The van der Waals surface area contributed by atoms with Gasteiger partial charge in [0.15, 0.2) is 0 Å². The summed E-state index contributed by atoms with van der Waals surface area (Å²) in [5.41, 5.74) is 4.02. The smallest absolute Gasteiger partial charge is 0.229 e. The van der Waals surface area contributed by atoms with Gasteiger partial charge >= 0.3 is 0 Å². The van der Waals surface area contributed by atoms with Crippen LogP contribution in [0.3, 0.4) is 0 Å². The first-order valence-electron chi connectivity index (χ1n) is 11.6. The molecule has 1 amide bonds. The molecule has 0 spiro atoms. The number of amides is 1. The molecule has 2 N–H and O–H groups in total. The Bertz CT molecular complexity index is 1370. The van der Waals surface area contributed by atoms with Gasteiger partial charge in [0.1, 0.15) is 5.82 Å². The highest BCUT2D eigenvalue weighted by atomic mass is 32.2. The molecule has 0 aliphatic rings. The quantitative estimate of drug-likeness (QED) is 0.442. The number of carbonyl (C=O) groups excluding carboxylic acids is 1. The van der Waals surface area contributed by atoms with Gasteiger partial charge in [-0.1, -0.05) is 56.7 Å². The van der Waals surface area contributed by atoms with Crippen LogP contribution in [0.1, 0.15) is 61.7 Å². The highest BCUT2D eigenvalue weighted by Crippen LogP contribution is 2.24. The molecule has 3 aromatic rings. The van der Waals surface area contributed by atoms with Crippen LogP contribution in [0.4, 0.5) is 10.1 Å². The number of rotatable bonds is 8. The van der Waals surface area contributed by atoms with Crippen molar-refractivity contribution in [3.63, 3.8) is 0 Å². The van der Waals surface area contributed by atoms with E-state index in [0.29, 0.717) is 5.56 Å². The minimum absolute atomic E-state index is 0.159. The molecule has 0 aliphatic carbocycles. The SMILES string of the molecule is Cc1ccc(C=Cn2nc(C(C)(C)C)cc2CNC(=O)C(C)c2ccc(NS(C)(=O)=O)c(F)c2)cc1. The van der Waals surface area contributed by atoms with Crippen LogP contribution in [-0.2, 0) is 26.8 Å². The minimum Gasteiger partial charge on any atom is -0.350 e. The monoisotopic (exact) mass is 512 g/mol. The maximum absolute atomic E-state index is 14.4. The number of anilines is 1. The van der Waals surface area contributed by atoms with E-state index in [1.807, 2.05) is 49.5 Å². The lowest BCUT2D eigenvalue weighted by Crippen LogP contribution is -2.28. The van der Waals surface area contributed by atoms with Crippen LogP contribution in [0.5, 0.6) is 0 Å². The molecule has 0 saturated carbocycles. The second-order valence-electron chi connectivity index (χ2n) is 9.99. The van der Waals surface area contributed by atoms with Crippen LogP contribution >= 0.6 is 0 Å². The molecule has 1 heterocycles. The highest BCUT2D eigenvalue weighted by Gasteiger charge is 2.21. The summed E-state index contributed by atoms with van der Waals surface area (Å²) in [4.78, 5) is 12.9. The van der Waals surface area contributed by atoms with Crippen LogP contribution in [-0.4, -0.2) is 30.4 Å². The zero-order valence-electron chi connectivity index (χ0n) is 21.5. The molecular formula is C27H33FN4O3S. The van der Waals surface area contributed by atoms with Gasteiger partial charge in [-0.15, -0.1) is 0 Å². The van der Waals surface area contributed by atoms with Crippen molar-refractivity contribution in [2.45, 2.75) is 52.5 Å². The van der Waals surface area contributed by atoms with Crippen LogP contribution in [0.25, 0.3) is 12.3 Å². The standard InChI is InChI=1S/C27H33FN4O3S/c1-18-7-9-20(10-8-18)13-14-32-22(16-25(30-32)27(3,4)5)17-29-26(33)19(2)21-11-12-24(23(28)15-21)31-36(6,34)35/h7-16,19,31H,17H2,1-6H3,(H,29,33). The predicted molar refractivity (Wildman–Crippen MR) is 142 cm³/mol. The molecule has 1 atom stereocenters. The van der Waals surface area contributed by atoms with Gasteiger partial charge in [-0.25, -0.2) is 17.5 Å². The Morgan fingerprint density at radius 1 is 1.14 bits per heavy atom. The Hall–Kier alpha value is -3.46. The van der Waals surface area contributed by atoms with Gasteiger partial charge in [-0.05, 0) is 49.2 Å². The summed E-state index contributed by atoms with van der Waals surface area (Å²) >= 11 is 0. The fourth-order valence-electron chi connectivity index (χ4n) is 3.46. The summed E-state index contributed by atoms with van der Waals surface area (Å²) in [6.07, 6.45) is 4.78. The van der Waals surface area contributed by atoms with Gasteiger partial charge < -0.3 is 5.32 Å². The van der Waals surface area contributed by atoms with Crippen LogP contribution < -0.4 is 10.0 Å². The molecule has 0 aliphatic heterocycles. The molecule has 2 aromatic carbocycles. The Morgan fingerprint density at radius 3 is 2.39 bits per heavy atom. The van der Waals surface area contributed by atoms with E-state index in [2.05, 4.69) is 30.8 Å². The number of carbonyl (C=O) groups is 1. The number of benzene rings is 2. The van der Waals surface area contributed by atoms with Crippen molar-refractivity contribution in [2.24, 2.45) is 0 Å². The maximum Gasteiger partial charge on any atom is 0.229 e. The Morgan fingerprint density at radius 2 is 1.81 bits per heavy atom. The van der Waals surface area contributed by atoms with E-state index in [1.54, 1.807) is 11.6 Å². The van der Waals surface area contributed by atoms with Crippen molar-refractivity contribution in [2.75, 3.05) is 11.0 Å². The number of nitrogens with zero attached hydrogens (tertiary/aromatic N) is 2. The molecule has 7 nitrogen and oxygen atoms in total. The summed E-state index contributed by atoms with van der Waals surface area (Å²) in [7, 11) is -3.61. The summed E-state index contributed by atoms with van der Waals surface area (Å²) in [6.45, 7) is 10.2. The van der Waals surface area contributed by atoms with Gasteiger partial charge in [0.25, 0.3) is 0 Å². The van der Waals surface area contributed by atoms with Crippen molar-refractivity contribution < 1.29 is 17.6 Å². The third-order valence-corrected chi connectivity index (χ3v) is 6.28. The van der Waals surface area contributed by atoms with Gasteiger partial charge in [-0.2, -0.15) is 5.10 Å². The number of aryl methyl sites for hydroxylation is 1. The molecule has 36 heavy (non-hydrogen) atoms. The molecule has 0 fully saturated rings. The van der Waals surface area contributed by atoms with Crippen molar-refractivity contribution >= 4 is 33.9 Å². The van der Waals surface area contributed by atoms with E-state index in [0.717, 1.165) is 23.2 Å². The first-order valence-corrected chi connectivity index (χ1v) is 13.5. The lowest BCUT2D eigenvalue weighted by atomic mass is 9.92. The average Bonchev–Trinajstić information content (AvgIpc) is 3.21. The fourth-order valence-corrected chi connectivity index (χ4v) is 4.03. The first kappa shape index (κ1) is 27.1. The van der Waals surface area contributed by atoms with E-state index >= 15 is 0 Å². The number of nitrogens with one attached hydrogen (secondary N) is 2. The zero-order chi connectivity index (χ0) is 26.7. The maximum atomic E-state index is 14.4. The number of aromatic nitrogens is 2. The average molecular weight is 513 g/mol. The Kier molecular flexibility index (Phi) is 8.03. The molecule has 192 valence electrons. The van der Waals surface area contributed by atoms with E-state index in [4.69, 9.17) is 5.10 Å². The number of hydrogen-bond acceptors (Lipinski definition) is 4. The van der Waals surface area contributed by atoms with E-state index in [1.165, 1.54) is 23.8 Å².